The molecule has 32 heavy (non-hydrogen) atoms. The number of benzene rings is 3. The molecule has 0 saturated heterocycles. The van der Waals surface area contributed by atoms with Gasteiger partial charge in [-0.25, -0.2) is 0 Å². The van der Waals surface area contributed by atoms with E-state index in [2.05, 4.69) is 27.0 Å². The summed E-state index contributed by atoms with van der Waals surface area (Å²) in [5, 5.41) is 12.4. The van der Waals surface area contributed by atoms with Crippen molar-refractivity contribution in [2.24, 2.45) is 0 Å². The third kappa shape index (κ3) is 4.92. The van der Waals surface area contributed by atoms with E-state index < -0.39 is 0 Å². The highest BCUT2D eigenvalue weighted by atomic mass is 32.2. The topological polar surface area (TPSA) is 59.8 Å². The molecule has 0 fully saturated rings. The monoisotopic (exact) mass is 442 g/mol. The summed E-state index contributed by atoms with van der Waals surface area (Å²) >= 11 is 1.43. The van der Waals surface area contributed by atoms with Gasteiger partial charge in [0.1, 0.15) is 0 Å². The second kappa shape index (κ2) is 10.3. The second-order valence-electron chi connectivity index (χ2n) is 7.44. The normalized spacial score (nSPS) is 12.0. The van der Waals surface area contributed by atoms with Crippen LogP contribution in [0.15, 0.2) is 96.2 Å². The Kier molecular flexibility index (Phi) is 7.02. The quantitative estimate of drug-likeness (QED) is 0.374. The van der Waals surface area contributed by atoms with E-state index in [0.29, 0.717) is 0 Å². The van der Waals surface area contributed by atoms with Crippen LogP contribution in [0.5, 0.6) is 0 Å². The van der Waals surface area contributed by atoms with Gasteiger partial charge < -0.3 is 9.88 Å². The van der Waals surface area contributed by atoms with Gasteiger partial charge in [0.05, 0.1) is 11.3 Å². The van der Waals surface area contributed by atoms with Crippen molar-refractivity contribution in [3.8, 4) is 11.4 Å². The zero-order valence-electron chi connectivity index (χ0n) is 18.2. The van der Waals surface area contributed by atoms with Crippen molar-refractivity contribution in [2.75, 3.05) is 0 Å². The SMILES string of the molecule is CCn1c(SC(C)C(=O)NC(c2ccccc2)c2ccccc2)nnc1-c1ccccc1. The van der Waals surface area contributed by atoms with E-state index in [4.69, 9.17) is 0 Å². The highest BCUT2D eigenvalue weighted by molar-refractivity contribution is 8.00. The Bertz CT molecular complexity index is 1110. The van der Waals surface area contributed by atoms with Crippen LogP contribution >= 0.6 is 11.8 Å². The molecule has 1 atom stereocenters. The van der Waals surface area contributed by atoms with Gasteiger partial charge in [0.15, 0.2) is 11.0 Å². The summed E-state index contributed by atoms with van der Waals surface area (Å²) < 4.78 is 2.05. The predicted octanol–water partition coefficient (Wildman–Crippen LogP) is 5.35. The number of aromatic nitrogens is 3. The zero-order chi connectivity index (χ0) is 22.3. The van der Waals surface area contributed by atoms with Gasteiger partial charge in [-0.15, -0.1) is 10.2 Å². The van der Waals surface area contributed by atoms with Gasteiger partial charge in [-0.05, 0) is 25.0 Å². The fraction of sp³-hybridized carbons (Fsp3) is 0.192. The summed E-state index contributed by atoms with van der Waals surface area (Å²) in [5.74, 6) is 0.772. The molecule has 6 heteroatoms. The molecule has 1 unspecified atom stereocenters. The smallest absolute Gasteiger partial charge is 0.234 e. The van der Waals surface area contributed by atoms with E-state index in [9.17, 15) is 4.79 Å². The lowest BCUT2D eigenvalue weighted by molar-refractivity contribution is -0.120. The van der Waals surface area contributed by atoms with Crippen molar-refractivity contribution >= 4 is 17.7 Å². The Morgan fingerprint density at radius 2 is 1.41 bits per heavy atom. The van der Waals surface area contributed by atoms with E-state index in [-0.39, 0.29) is 17.2 Å². The van der Waals surface area contributed by atoms with E-state index in [0.717, 1.165) is 34.2 Å². The predicted molar refractivity (Wildman–Crippen MR) is 129 cm³/mol. The third-order valence-electron chi connectivity index (χ3n) is 5.27. The maximum atomic E-state index is 13.2. The van der Waals surface area contributed by atoms with Crippen LogP contribution in [0.1, 0.15) is 31.0 Å². The van der Waals surface area contributed by atoms with Crippen molar-refractivity contribution < 1.29 is 4.79 Å². The molecule has 0 saturated carbocycles. The molecular weight excluding hydrogens is 416 g/mol. The average molecular weight is 443 g/mol. The molecule has 5 nitrogen and oxygen atoms in total. The standard InChI is InChI=1S/C26H26N4OS/c1-3-30-24(22-17-11-6-12-18-22)28-29-26(30)32-19(2)25(31)27-23(20-13-7-4-8-14-20)21-15-9-5-10-16-21/h4-19,23H,3H2,1-2H3,(H,27,31). The van der Waals surface area contributed by atoms with Gasteiger partial charge >= 0.3 is 0 Å². The first kappa shape index (κ1) is 21.8. The summed E-state index contributed by atoms with van der Waals surface area (Å²) in [6.07, 6.45) is 0. The second-order valence-corrected chi connectivity index (χ2v) is 8.75. The third-order valence-corrected chi connectivity index (χ3v) is 6.35. The van der Waals surface area contributed by atoms with Crippen LogP contribution in [-0.2, 0) is 11.3 Å². The molecule has 3 aromatic carbocycles. The molecule has 1 heterocycles. The lowest BCUT2D eigenvalue weighted by Crippen LogP contribution is -2.35. The minimum atomic E-state index is -0.331. The molecule has 0 spiro atoms. The maximum Gasteiger partial charge on any atom is 0.234 e. The lowest BCUT2D eigenvalue weighted by atomic mass is 9.98. The number of hydrogen-bond acceptors (Lipinski definition) is 4. The highest BCUT2D eigenvalue weighted by Crippen LogP contribution is 2.28. The van der Waals surface area contributed by atoms with E-state index in [1.807, 2.05) is 97.9 Å². The number of rotatable bonds is 8. The molecule has 1 N–H and O–H groups in total. The number of carbonyl (C=O) groups excluding carboxylic acids is 1. The first-order valence-electron chi connectivity index (χ1n) is 10.7. The number of nitrogens with one attached hydrogen (secondary N) is 1. The molecule has 4 rings (SSSR count). The summed E-state index contributed by atoms with van der Waals surface area (Å²) in [6, 6.07) is 29.9. The van der Waals surface area contributed by atoms with Gasteiger partial charge in [0, 0.05) is 12.1 Å². The summed E-state index contributed by atoms with van der Waals surface area (Å²) in [4.78, 5) is 13.2. The van der Waals surface area contributed by atoms with E-state index in [1.54, 1.807) is 0 Å². The first-order valence-corrected chi connectivity index (χ1v) is 11.6. The number of nitrogens with zero attached hydrogens (tertiary/aromatic N) is 3. The van der Waals surface area contributed by atoms with Crippen molar-refractivity contribution in [3.63, 3.8) is 0 Å². The summed E-state index contributed by atoms with van der Waals surface area (Å²) in [6.45, 7) is 4.69. The van der Waals surface area contributed by atoms with Crippen LogP contribution in [0, 0.1) is 0 Å². The van der Waals surface area contributed by atoms with Gasteiger partial charge in [0.2, 0.25) is 5.91 Å². The van der Waals surface area contributed by atoms with Crippen molar-refractivity contribution in [2.45, 2.75) is 36.8 Å². The van der Waals surface area contributed by atoms with Crippen molar-refractivity contribution in [1.29, 1.82) is 0 Å². The minimum Gasteiger partial charge on any atom is -0.344 e. The largest absolute Gasteiger partial charge is 0.344 e. The van der Waals surface area contributed by atoms with Gasteiger partial charge in [-0.1, -0.05) is 103 Å². The van der Waals surface area contributed by atoms with Gasteiger partial charge in [-0.2, -0.15) is 0 Å². The van der Waals surface area contributed by atoms with Crippen LogP contribution in [0.2, 0.25) is 0 Å². The Morgan fingerprint density at radius 3 is 1.94 bits per heavy atom. The lowest BCUT2D eigenvalue weighted by Gasteiger charge is -2.22. The number of amides is 1. The molecule has 0 radical (unpaired) electrons. The van der Waals surface area contributed by atoms with Crippen LogP contribution in [0.3, 0.4) is 0 Å². The molecule has 162 valence electrons. The average Bonchev–Trinajstić information content (AvgIpc) is 3.26. The van der Waals surface area contributed by atoms with Gasteiger partial charge in [0.25, 0.3) is 0 Å². The number of carbonyl (C=O) groups is 1. The van der Waals surface area contributed by atoms with Crippen molar-refractivity contribution in [1.82, 2.24) is 20.1 Å². The summed E-state index contributed by atoms with van der Waals surface area (Å²) in [7, 11) is 0. The van der Waals surface area contributed by atoms with Crippen LogP contribution in [0.25, 0.3) is 11.4 Å². The molecule has 1 aromatic heterocycles. The Hall–Kier alpha value is -3.38. The Labute approximate surface area is 192 Å². The van der Waals surface area contributed by atoms with Gasteiger partial charge in [-0.3, -0.25) is 4.79 Å². The minimum absolute atomic E-state index is 0.0420. The van der Waals surface area contributed by atoms with Crippen LogP contribution in [-0.4, -0.2) is 25.9 Å². The maximum absolute atomic E-state index is 13.2. The molecule has 0 aliphatic rings. The van der Waals surface area contributed by atoms with Crippen LogP contribution in [0.4, 0.5) is 0 Å². The van der Waals surface area contributed by atoms with E-state index in [1.165, 1.54) is 11.8 Å². The fourth-order valence-electron chi connectivity index (χ4n) is 3.58. The highest BCUT2D eigenvalue weighted by Gasteiger charge is 2.24. The van der Waals surface area contributed by atoms with Crippen molar-refractivity contribution in [3.05, 3.63) is 102 Å². The Morgan fingerprint density at radius 1 is 0.875 bits per heavy atom. The molecule has 4 aromatic rings. The molecule has 0 aliphatic carbocycles. The fourth-order valence-corrected chi connectivity index (χ4v) is 4.51. The van der Waals surface area contributed by atoms with E-state index >= 15 is 0 Å². The van der Waals surface area contributed by atoms with Crippen LogP contribution < -0.4 is 5.32 Å². The first-order chi connectivity index (χ1) is 15.7. The molecule has 1 amide bonds. The molecule has 0 aliphatic heterocycles. The number of hydrogen-bond donors (Lipinski definition) is 1. The molecular formula is C26H26N4OS. The Balaban J connectivity index is 1.53. The molecule has 0 bridgehead atoms. The number of thioether (sulfide) groups is 1. The zero-order valence-corrected chi connectivity index (χ0v) is 19.0. The summed E-state index contributed by atoms with van der Waals surface area (Å²) in [5.41, 5.74) is 3.11.